The molecule has 92 valence electrons. The number of amides is 2. The van der Waals surface area contributed by atoms with Gasteiger partial charge in [-0.2, -0.15) is 0 Å². The van der Waals surface area contributed by atoms with Crippen molar-refractivity contribution in [2.45, 2.75) is 17.7 Å². The quantitative estimate of drug-likeness (QED) is 0.535. The largest absolute Gasteiger partial charge is 0.481 e. The second kappa shape index (κ2) is 7.56. The summed E-state index contributed by atoms with van der Waals surface area (Å²) in [6, 6.07) is 9.12. The first kappa shape index (κ1) is 13.4. The molecule has 0 spiro atoms. The molecule has 0 fully saturated rings. The molecule has 1 aromatic rings. The Morgan fingerprint density at radius 1 is 1.24 bits per heavy atom. The van der Waals surface area contributed by atoms with Gasteiger partial charge in [0.15, 0.2) is 0 Å². The van der Waals surface area contributed by atoms with E-state index in [1.807, 2.05) is 30.3 Å². The minimum absolute atomic E-state index is 0.0616. The molecule has 5 nitrogen and oxygen atoms in total. The van der Waals surface area contributed by atoms with Crippen molar-refractivity contribution < 1.29 is 14.7 Å². The van der Waals surface area contributed by atoms with Crippen molar-refractivity contribution in [3.8, 4) is 0 Å². The molecule has 0 bridgehead atoms. The highest BCUT2D eigenvalue weighted by atomic mass is 32.2. The number of nitrogens with one attached hydrogen (secondary N) is 2. The molecule has 0 heterocycles. The van der Waals surface area contributed by atoms with Crippen LogP contribution in [0.1, 0.15) is 12.8 Å². The molecule has 0 saturated heterocycles. The molecule has 0 aromatic heterocycles. The first-order valence-corrected chi connectivity index (χ1v) is 5.97. The molecule has 0 aliphatic rings. The van der Waals surface area contributed by atoms with Crippen LogP contribution in [0.25, 0.3) is 0 Å². The normalized spacial score (nSPS) is 9.65. The molecule has 3 N–H and O–H groups in total. The van der Waals surface area contributed by atoms with Crippen LogP contribution in [0.2, 0.25) is 0 Å². The van der Waals surface area contributed by atoms with Gasteiger partial charge in [0.25, 0.3) is 0 Å². The average molecular weight is 254 g/mol. The van der Waals surface area contributed by atoms with Crippen LogP contribution < -0.4 is 10.0 Å². The van der Waals surface area contributed by atoms with Crippen molar-refractivity contribution in [2.24, 2.45) is 0 Å². The van der Waals surface area contributed by atoms with Gasteiger partial charge in [0.05, 0.1) is 0 Å². The second-order valence-electron chi connectivity index (χ2n) is 3.27. The maximum Gasteiger partial charge on any atom is 0.325 e. The minimum atomic E-state index is -0.856. The average Bonchev–Trinajstić information content (AvgIpc) is 2.33. The van der Waals surface area contributed by atoms with Crippen molar-refractivity contribution in [3.05, 3.63) is 30.3 Å². The fourth-order valence-corrected chi connectivity index (χ4v) is 1.65. The SMILES string of the molecule is O=C(O)CCCNC(=O)NSc1ccccc1. The van der Waals surface area contributed by atoms with E-state index >= 15 is 0 Å². The van der Waals surface area contributed by atoms with Gasteiger partial charge >= 0.3 is 12.0 Å². The fourth-order valence-electron chi connectivity index (χ4n) is 1.07. The fraction of sp³-hybridized carbons (Fsp3) is 0.273. The lowest BCUT2D eigenvalue weighted by Gasteiger charge is -2.05. The molecule has 0 unspecified atom stereocenters. The zero-order chi connectivity index (χ0) is 12.5. The highest BCUT2D eigenvalue weighted by Crippen LogP contribution is 2.12. The van der Waals surface area contributed by atoms with Gasteiger partial charge in [-0.25, -0.2) is 4.79 Å². The van der Waals surface area contributed by atoms with E-state index in [4.69, 9.17) is 5.11 Å². The molecule has 0 aliphatic carbocycles. The highest BCUT2D eigenvalue weighted by Gasteiger charge is 2.01. The molecule has 17 heavy (non-hydrogen) atoms. The molecule has 0 saturated carbocycles. The van der Waals surface area contributed by atoms with Crippen LogP contribution in [0.3, 0.4) is 0 Å². The van der Waals surface area contributed by atoms with Crippen LogP contribution in [0.15, 0.2) is 35.2 Å². The Morgan fingerprint density at radius 2 is 1.94 bits per heavy atom. The van der Waals surface area contributed by atoms with Crippen molar-refractivity contribution in [3.63, 3.8) is 0 Å². The Hall–Kier alpha value is -1.69. The summed E-state index contributed by atoms with van der Waals surface area (Å²) in [7, 11) is 0. The third-order valence-corrected chi connectivity index (χ3v) is 2.65. The van der Waals surface area contributed by atoms with Crippen LogP contribution in [-0.4, -0.2) is 23.7 Å². The maximum absolute atomic E-state index is 11.3. The van der Waals surface area contributed by atoms with Gasteiger partial charge in [0.2, 0.25) is 0 Å². The second-order valence-corrected chi connectivity index (χ2v) is 4.15. The Labute approximate surface area is 104 Å². The van der Waals surface area contributed by atoms with Gasteiger partial charge in [0, 0.05) is 17.9 Å². The van der Waals surface area contributed by atoms with Crippen LogP contribution in [-0.2, 0) is 4.79 Å². The Balaban J connectivity index is 2.11. The van der Waals surface area contributed by atoms with Crippen molar-refractivity contribution in [2.75, 3.05) is 6.54 Å². The highest BCUT2D eigenvalue weighted by molar-refractivity contribution is 7.98. The summed E-state index contributed by atoms with van der Waals surface area (Å²) in [5.41, 5.74) is 0. The van der Waals surface area contributed by atoms with Crippen LogP contribution in [0, 0.1) is 0 Å². The third-order valence-electron chi connectivity index (χ3n) is 1.86. The molecule has 0 atom stereocenters. The van der Waals surface area contributed by atoms with Gasteiger partial charge in [-0.05, 0) is 30.5 Å². The standard InChI is InChI=1S/C11H14N2O3S/c14-10(15)7-4-8-12-11(16)13-17-9-5-2-1-3-6-9/h1-3,5-6H,4,7-8H2,(H,14,15)(H2,12,13,16). The summed E-state index contributed by atoms with van der Waals surface area (Å²) in [6.07, 6.45) is 0.491. The summed E-state index contributed by atoms with van der Waals surface area (Å²) < 4.78 is 2.61. The zero-order valence-electron chi connectivity index (χ0n) is 9.18. The predicted molar refractivity (Wildman–Crippen MR) is 65.7 cm³/mol. The van der Waals surface area contributed by atoms with E-state index in [0.717, 1.165) is 4.90 Å². The number of rotatable bonds is 6. The number of urea groups is 1. The molecule has 6 heteroatoms. The number of carbonyl (C=O) groups is 2. The van der Waals surface area contributed by atoms with Crippen LogP contribution >= 0.6 is 11.9 Å². The molecule has 1 aromatic carbocycles. The minimum Gasteiger partial charge on any atom is -0.481 e. The number of hydrogen-bond acceptors (Lipinski definition) is 3. The number of carboxylic acid groups (broad SMARTS) is 1. The number of hydrogen-bond donors (Lipinski definition) is 3. The van der Waals surface area contributed by atoms with E-state index in [0.29, 0.717) is 13.0 Å². The number of benzene rings is 1. The van der Waals surface area contributed by atoms with E-state index in [2.05, 4.69) is 10.0 Å². The van der Waals surface area contributed by atoms with E-state index < -0.39 is 5.97 Å². The summed E-state index contributed by atoms with van der Waals surface area (Å²) in [6.45, 7) is 0.355. The Bertz CT molecular complexity index is 370. The number of aliphatic carboxylic acids is 1. The zero-order valence-corrected chi connectivity index (χ0v) is 10.00. The molecular weight excluding hydrogens is 240 g/mol. The molecular formula is C11H14N2O3S. The molecule has 2 amide bonds. The summed E-state index contributed by atoms with van der Waals surface area (Å²) >= 11 is 1.21. The van der Waals surface area contributed by atoms with E-state index in [1.54, 1.807) is 0 Å². The van der Waals surface area contributed by atoms with Gasteiger partial charge in [-0.1, -0.05) is 18.2 Å². The topological polar surface area (TPSA) is 78.4 Å². The summed E-state index contributed by atoms with van der Waals surface area (Å²) in [5, 5.41) is 11.0. The monoisotopic (exact) mass is 254 g/mol. The summed E-state index contributed by atoms with van der Waals surface area (Å²) in [5.74, 6) is -0.856. The Kier molecular flexibility index (Phi) is 5.95. The maximum atomic E-state index is 11.3. The lowest BCUT2D eigenvalue weighted by atomic mass is 10.3. The Morgan fingerprint density at radius 3 is 2.59 bits per heavy atom. The third kappa shape index (κ3) is 6.47. The van der Waals surface area contributed by atoms with Crippen LogP contribution in [0.4, 0.5) is 4.79 Å². The number of carboxylic acids is 1. The molecule has 0 radical (unpaired) electrons. The van der Waals surface area contributed by atoms with Gasteiger partial charge < -0.3 is 10.4 Å². The van der Waals surface area contributed by atoms with Gasteiger partial charge in [0.1, 0.15) is 0 Å². The van der Waals surface area contributed by atoms with E-state index in [1.165, 1.54) is 11.9 Å². The first-order chi connectivity index (χ1) is 8.18. The van der Waals surface area contributed by atoms with Crippen molar-refractivity contribution in [1.29, 1.82) is 0 Å². The van der Waals surface area contributed by atoms with Crippen molar-refractivity contribution in [1.82, 2.24) is 10.0 Å². The lowest BCUT2D eigenvalue weighted by Crippen LogP contribution is -2.32. The number of carbonyl (C=O) groups excluding carboxylic acids is 1. The van der Waals surface area contributed by atoms with Crippen LogP contribution in [0.5, 0.6) is 0 Å². The van der Waals surface area contributed by atoms with Gasteiger partial charge in [-0.15, -0.1) is 0 Å². The molecule has 1 rings (SSSR count). The molecule has 0 aliphatic heterocycles. The van der Waals surface area contributed by atoms with Gasteiger partial charge in [-0.3, -0.25) is 9.52 Å². The lowest BCUT2D eigenvalue weighted by molar-refractivity contribution is -0.137. The smallest absolute Gasteiger partial charge is 0.325 e. The summed E-state index contributed by atoms with van der Waals surface area (Å²) in [4.78, 5) is 22.4. The predicted octanol–water partition coefficient (Wildman–Crippen LogP) is 1.86. The first-order valence-electron chi connectivity index (χ1n) is 5.16. The van der Waals surface area contributed by atoms with E-state index in [9.17, 15) is 9.59 Å². The van der Waals surface area contributed by atoms with Crippen molar-refractivity contribution >= 4 is 23.9 Å². The van der Waals surface area contributed by atoms with E-state index in [-0.39, 0.29) is 12.5 Å².